The van der Waals surface area contributed by atoms with Gasteiger partial charge in [0, 0.05) is 30.1 Å². The van der Waals surface area contributed by atoms with Gasteiger partial charge >= 0.3 is 0 Å². The fraction of sp³-hybridized carbons (Fsp3) is 0.444. The number of halogens is 3. The molecule has 1 saturated heterocycles. The van der Waals surface area contributed by atoms with Gasteiger partial charge in [0.15, 0.2) is 0 Å². The molecule has 2 heterocycles. The van der Waals surface area contributed by atoms with E-state index in [9.17, 15) is 4.79 Å². The normalized spacial score (nSPS) is 15.7. The SMILES string of the molecule is CC(N)C1CCN(C(=O)Cc2csc(-c3ccccc3Cl)n2)CC1.Cl.Cl. The number of hydrogen-bond donors (Lipinski definition) is 1. The number of carbonyl (C=O) groups is 1. The van der Waals surface area contributed by atoms with E-state index in [1.165, 1.54) is 11.3 Å². The summed E-state index contributed by atoms with van der Waals surface area (Å²) in [5.41, 5.74) is 7.69. The Bertz CT molecular complexity index is 715. The smallest absolute Gasteiger partial charge is 0.228 e. The predicted molar refractivity (Wildman–Crippen MR) is 114 cm³/mol. The highest BCUT2D eigenvalue weighted by Gasteiger charge is 2.25. The zero-order valence-electron chi connectivity index (χ0n) is 14.6. The van der Waals surface area contributed by atoms with Gasteiger partial charge in [-0.3, -0.25) is 4.79 Å². The molecule has 1 aromatic carbocycles. The molecule has 144 valence electrons. The highest BCUT2D eigenvalue weighted by atomic mass is 35.5. The zero-order valence-corrected chi connectivity index (χ0v) is 17.8. The average Bonchev–Trinajstić information content (AvgIpc) is 3.03. The maximum atomic E-state index is 12.5. The molecule has 2 N–H and O–H groups in total. The molecule has 1 amide bonds. The summed E-state index contributed by atoms with van der Waals surface area (Å²) in [7, 11) is 0. The number of amides is 1. The maximum Gasteiger partial charge on any atom is 0.228 e. The maximum absolute atomic E-state index is 12.5. The van der Waals surface area contributed by atoms with Crippen LogP contribution in [-0.2, 0) is 11.2 Å². The van der Waals surface area contributed by atoms with Crippen molar-refractivity contribution in [3.8, 4) is 10.6 Å². The van der Waals surface area contributed by atoms with Crippen LogP contribution >= 0.6 is 47.8 Å². The zero-order chi connectivity index (χ0) is 17.1. The van der Waals surface area contributed by atoms with E-state index in [1.807, 2.05) is 41.5 Å². The minimum absolute atomic E-state index is 0. The van der Waals surface area contributed by atoms with E-state index < -0.39 is 0 Å². The lowest BCUT2D eigenvalue weighted by Crippen LogP contribution is -2.43. The van der Waals surface area contributed by atoms with Gasteiger partial charge in [-0.15, -0.1) is 36.2 Å². The Balaban J connectivity index is 0.00000169. The molecule has 4 nitrogen and oxygen atoms in total. The molecule has 0 saturated carbocycles. The lowest BCUT2D eigenvalue weighted by molar-refractivity contribution is -0.132. The number of rotatable bonds is 4. The molecule has 1 aromatic heterocycles. The second-order valence-corrected chi connectivity index (χ2v) is 7.64. The van der Waals surface area contributed by atoms with Crippen LogP contribution in [0.5, 0.6) is 0 Å². The fourth-order valence-electron chi connectivity index (χ4n) is 3.09. The highest BCUT2D eigenvalue weighted by molar-refractivity contribution is 7.13. The van der Waals surface area contributed by atoms with Crippen molar-refractivity contribution in [1.82, 2.24) is 9.88 Å². The summed E-state index contributed by atoms with van der Waals surface area (Å²) in [5, 5.41) is 3.49. The average molecular weight is 437 g/mol. The van der Waals surface area contributed by atoms with Gasteiger partial charge in [-0.1, -0.05) is 29.8 Å². The summed E-state index contributed by atoms with van der Waals surface area (Å²) in [5.74, 6) is 0.675. The van der Waals surface area contributed by atoms with Gasteiger partial charge < -0.3 is 10.6 Å². The monoisotopic (exact) mass is 435 g/mol. The first kappa shape index (κ1) is 23.2. The summed E-state index contributed by atoms with van der Waals surface area (Å²) < 4.78 is 0. The molecule has 3 rings (SSSR count). The third-order valence-electron chi connectivity index (χ3n) is 4.62. The second-order valence-electron chi connectivity index (χ2n) is 6.38. The molecule has 0 bridgehead atoms. The molecule has 0 radical (unpaired) electrons. The van der Waals surface area contributed by atoms with Gasteiger partial charge in [-0.25, -0.2) is 4.98 Å². The van der Waals surface area contributed by atoms with Crippen LogP contribution in [0.3, 0.4) is 0 Å². The van der Waals surface area contributed by atoms with E-state index in [1.54, 1.807) is 0 Å². The van der Waals surface area contributed by atoms with Crippen LogP contribution in [0.4, 0.5) is 0 Å². The molecule has 0 aliphatic carbocycles. The first-order chi connectivity index (χ1) is 11.5. The quantitative estimate of drug-likeness (QED) is 0.771. The number of aromatic nitrogens is 1. The van der Waals surface area contributed by atoms with Gasteiger partial charge in [0.25, 0.3) is 0 Å². The Labute approximate surface area is 175 Å². The summed E-state index contributed by atoms with van der Waals surface area (Å²) in [4.78, 5) is 19.0. The van der Waals surface area contributed by atoms with E-state index in [-0.39, 0.29) is 36.8 Å². The first-order valence-corrected chi connectivity index (χ1v) is 9.53. The molecular formula is C18H24Cl3N3OS. The van der Waals surface area contributed by atoms with Gasteiger partial charge in [0.2, 0.25) is 5.91 Å². The van der Waals surface area contributed by atoms with Gasteiger partial charge in [-0.2, -0.15) is 0 Å². The molecule has 1 aliphatic rings. The minimum atomic E-state index is 0. The van der Waals surface area contributed by atoms with Crippen LogP contribution < -0.4 is 5.73 Å². The van der Waals surface area contributed by atoms with Crippen molar-refractivity contribution in [2.24, 2.45) is 11.7 Å². The summed E-state index contributed by atoms with van der Waals surface area (Å²) >= 11 is 7.74. The Morgan fingerprint density at radius 1 is 1.35 bits per heavy atom. The first-order valence-electron chi connectivity index (χ1n) is 8.27. The Morgan fingerprint density at radius 2 is 2.00 bits per heavy atom. The molecule has 1 aliphatic heterocycles. The molecule has 0 spiro atoms. The second kappa shape index (κ2) is 10.5. The molecule has 1 atom stereocenters. The summed E-state index contributed by atoms with van der Waals surface area (Å²) in [6.45, 7) is 3.65. The minimum Gasteiger partial charge on any atom is -0.342 e. The fourth-order valence-corrected chi connectivity index (χ4v) is 4.23. The van der Waals surface area contributed by atoms with Crippen molar-refractivity contribution in [2.75, 3.05) is 13.1 Å². The van der Waals surface area contributed by atoms with E-state index >= 15 is 0 Å². The number of benzene rings is 1. The lowest BCUT2D eigenvalue weighted by Gasteiger charge is -2.33. The molecule has 8 heteroatoms. The third kappa shape index (κ3) is 5.57. The Morgan fingerprint density at radius 3 is 2.62 bits per heavy atom. The number of nitrogens with two attached hydrogens (primary N) is 1. The summed E-state index contributed by atoms with van der Waals surface area (Å²) in [6, 6.07) is 7.85. The van der Waals surface area contributed by atoms with Crippen molar-refractivity contribution in [3.05, 3.63) is 40.4 Å². The molecule has 2 aromatic rings. The molecule has 1 unspecified atom stereocenters. The largest absolute Gasteiger partial charge is 0.342 e. The van der Waals surface area contributed by atoms with Crippen LogP contribution in [0, 0.1) is 5.92 Å². The van der Waals surface area contributed by atoms with Crippen LogP contribution in [-0.4, -0.2) is 34.9 Å². The van der Waals surface area contributed by atoms with Crippen molar-refractivity contribution in [3.63, 3.8) is 0 Å². The van der Waals surface area contributed by atoms with Crippen LogP contribution in [0.1, 0.15) is 25.5 Å². The summed E-state index contributed by atoms with van der Waals surface area (Å²) in [6.07, 6.45) is 2.33. The third-order valence-corrected chi connectivity index (χ3v) is 5.88. The van der Waals surface area contributed by atoms with Crippen LogP contribution in [0.2, 0.25) is 5.02 Å². The number of hydrogen-bond acceptors (Lipinski definition) is 4. The van der Waals surface area contributed by atoms with Crippen LogP contribution in [0.25, 0.3) is 10.6 Å². The van der Waals surface area contributed by atoms with E-state index in [0.717, 1.165) is 42.2 Å². The Hall–Kier alpha value is -0.850. The predicted octanol–water partition coefficient (Wildman–Crippen LogP) is 4.44. The standard InChI is InChI=1S/C18H22ClN3OS.2ClH/c1-12(20)13-6-8-22(9-7-13)17(23)10-14-11-24-18(21-14)15-4-2-3-5-16(15)19;;/h2-5,11-13H,6-10,20H2,1H3;2*1H. The number of carbonyl (C=O) groups excluding carboxylic acids is 1. The topological polar surface area (TPSA) is 59.2 Å². The molecule has 1 fully saturated rings. The van der Waals surface area contributed by atoms with Gasteiger partial charge in [0.05, 0.1) is 17.1 Å². The lowest BCUT2D eigenvalue weighted by atomic mass is 9.91. The number of piperidine rings is 1. The van der Waals surface area contributed by atoms with E-state index in [2.05, 4.69) is 4.98 Å². The van der Waals surface area contributed by atoms with E-state index in [0.29, 0.717) is 17.4 Å². The number of thiazole rings is 1. The van der Waals surface area contributed by atoms with Crippen LogP contribution in [0.15, 0.2) is 29.6 Å². The van der Waals surface area contributed by atoms with E-state index in [4.69, 9.17) is 17.3 Å². The van der Waals surface area contributed by atoms with Crippen molar-refractivity contribution >= 4 is 53.7 Å². The van der Waals surface area contributed by atoms with Crippen molar-refractivity contribution in [2.45, 2.75) is 32.2 Å². The molecule has 26 heavy (non-hydrogen) atoms. The van der Waals surface area contributed by atoms with Crippen molar-refractivity contribution < 1.29 is 4.79 Å². The number of nitrogens with zero attached hydrogens (tertiary/aromatic N) is 2. The van der Waals surface area contributed by atoms with Crippen molar-refractivity contribution in [1.29, 1.82) is 0 Å². The van der Waals surface area contributed by atoms with Gasteiger partial charge in [0.1, 0.15) is 5.01 Å². The Kier molecular flexibility index (Phi) is 9.34. The molecular weight excluding hydrogens is 413 g/mol. The van der Waals surface area contributed by atoms with Gasteiger partial charge in [-0.05, 0) is 31.7 Å². The number of likely N-dealkylation sites (tertiary alicyclic amines) is 1. The highest BCUT2D eigenvalue weighted by Crippen LogP contribution is 2.30.